The number of hydrogen-bond acceptors (Lipinski definition) is 3. The van der Waals surface area contributed by atoms with Crippen molar-refractivity contribution in [3.05, 3.63) is 58.1 Å². The minimum Gasteiger partial charge on any atom is -0.490 e. The second-order valence-electron chi connectivity index (χ2n) is 4.98. The van der Waals surface area contributed by atoms with Gasteiger partial charge in [0.15, 0.2) is 0 Å². The second-order valence-corrected chi connectivity index (χ2v) is 5.90. The van der Waals surface area contributed by atoms with Crippen LogP contribution in [0.4, 0.5) is 0 Å². The zero-order valence-electron chi connectivity index (χ0n) is 12.3. The van der Waals surface area contributed by atoms with Crippen molar-refractivity contribution < 1.29 is 9.47 Å². The van der Waals surface area contributed by atoms with E-state index >= 15 is 0 Å². The Kier molecular flexibility index (Phi) is 5.65. The quantitative estimate of drug-likeness (QED) is 0.793. The lowest BCUT2D eigenvalue weighted by Crippen LogP contribution is -2.12. The first-order valence-corrected chi connectivity index (χ1v) is 7.73. The van der Waals surface area contributed by atoms with Crippen LogP contribution in [-0.4, -0.2) is 13.2 Å². The van der Waals surface area contributed by atoms with Crippen molar-refractivity contribution in [2.45, 2.75) is 19.9 Å². The van der Waals surface area contributed by atoms with Gasteiger partial charge in [-0.1, -0.05) is 39.7 Å². The monoisotopic (exact) mass is 349 g/mol. The van der Waals surface area contributed by atoms with Crippen molar-refractivity contribution in [3.8, 4) is 11.5 Å². The molecule has 0 saturated carbocycles. The standard InChI is InChI=1S/C17H20BrNO2/c1-12-6-7-17(16(10-12)13(2)19)21-9-8-20-15-5-3-4-14(18)11-15/h3-7,10-11,13H,8-9,19H2,1-2H3/t13-/m0/s1. The predicted octanol–water partition coefficient (Wildman–Crippen LogP) is 4.24. The molecular formula is C17H20BrNO2. The Morgan fingerprint density at radius 2 is 1.86 bits per heavy atom. The molecule has 0 saturated heterocycles. The van der Waals surface area contributed by atoms with Crippen LogP contribution in [0.3, 0.4) is 0 Å². The molecule has 0 aromatic heterocycles. The van der Waals surface area contributed by atoms with E-state index in [0.717, 1.165) is 21.5 Å². The highest BCUT2D eigenvalue weighted by Gasteiger charge is 2.08. The van der Waals surface area contributed by atoms with Crippen molar-refractivity contribution in [2.24, 2.45) is 5.73 Å². The minimum absolute atomic E-state index is 0.0501. The van der Waals surface area contributed by atoms with Crippen LogP contribution in [0.15, 0.2) is 46.9 Å². The Hall–Kier alpha value is -1.52. The Morgan fingerprint density at radius 1 is 1.10 bits per heavy atom. The third-order valence-electron chi connectivity index (χ3n) is 3.06. The van der Waals surface area contributed by atoms with Gasteiger partial charge in [-0.25, -0.2) is 0 Å². The van der Waals surface area contributed by atoms with Crippen molar-refractivity contribution >= 4 is 15.9 Å². The summed E-state index contributed by atoms with van der Waals surface area (Å²) < 4.78 is 12.4. The Labute approximate surface area is 134 Å². The van der Waals surface area contributed by atoms with Crippen molar-refractivity contribution in [1.29, 1.82) is 0 Å². The molecular weight excluding hydrogens is 330 g/mol. The van der Waals surface area contributed by atoms with Crippen LogP contribution in [0.25, 0.3) is 0 Å². The van der Waals surface area contributed by atoms with Gasteiger partial charge in [-0.15, -0.1) is 0 Å². The summed E-state index contributed by atoms with van der Waals surface area (Å²) in [4.78, 5) is 0. The fourth-order valence-electron chi connectivity index (χ4n) is 2.02. The minimum atomic E-state index is -0.0501. The SMILES string of the molecule is Cc1ccc(OCCOc2cccc(Br)c2)c([C@H](C)N)c1. The van der Waals surface area contributed by atoms with E-state index in [0.29, 0.717) is 13.2 Å². The van der Waals surface area contributed by atoms with E-state index in [1.807, 2.05) is 50.2 Å². The van der Waals surface area contributed by atoms with E-state index in [4.69, 9.17) is 15.2 Å². The molecule has 0 amide bonds. The molecule has 0 fully saturated rings. The number of aryl methyl sites for hydroxylation is 1. The topological polar surface area (TPSA) is 44.5 Å². The lowest BCUT2D eigenvalue weighted by Gasteiger charge is -2.15. The van der Waals surface area contributed by atoms with Gasteiger partial charge < -0.3 is 15.2 Å². The Morgan fingerprint density at radius 3 is 2.57 bits per heavy atom. The number of ether oxygens (including phenoxy) is 2. The summed E-state index contributed by atoms with van der Waals surface area (Å²) >= 11 is 3.41. The summed E-state index contributed by atoms with van der Waals surface area (Å²) in [5.74, 6) is 1.65. The Bertz CT molecular complexity index is 599. The molecule has 2 aromatic rings. The molecule has 21 heavy (non-hydrogen) atoms. The fraction of sp³-hybridized carbons (Fsp3) is 0.294. The molecule has 0 bridgehead atoms. The number of benzene rings is 2. The van der Waals surface area contributed by atoms with Gasteiger partial charge in [-0.2, -0.15) is 0 Å². The molecule has 0 spiro atoms. The van der Waals surface area contributed by atoms with Crippen LogP contribution >= 0.6 is 15.9 Å². The van der Waals surface area contributed by atoms with E-state index in [1.165, 1.54) is 5.56 Å². The first-order valence-electron chi connectivity index (χ1n) is 6.93. The molecule has 2 rings (SSSR count). The van der Waals surface area contributed by atoms with Crippen LogP contribution in [-0.2, 0) is 0 Å². The number of nitrogens with two attached hydrogens (primary N) is 1. The van der Waals surface area contributed by atoms with Gasteiger partial charge >= 0.3 is 0 Å². The molecule has 1 atom stereocenters. The first kappa shape index (κ1) is 15.9. The maximum atomic E-state index is 5.98. The van der Waals surface area contributed by atoms with Gasteiger partial charge in [-0.05, 0) is 38.1 Å². The van der Waals surface area contributed by atoms with Crippen LogP contribution in [0.1, 0.15) is 24.1 Å². The fourth-order valence-corrected chi connectivity index (χ4v) is 2.40. The maximum Gasteiger partial charge on any atom is 0.124 e. The molecule has 0 unspecified atom stereocenters. The summed E-state index contributed by atoms with van der Waals surface area (Å²) in [6.45, 7) is 4.98. The molecule has 0 aliphatic heterocycles. The lowest BCUT2D eigenvalue weighted by molar-refractivity contribution is 0.215. The van der Waals surface area contributed by atoms with Crippen LogP contribution in [0.2, 0.25) is 0 Å². The molecule has 0 heterocycles. The van der Waals surface area contributed by atoms with E-state index in [1.54, 1.807) is 0 Å². The third-order valence-corrected chi connectivity index (χ3v) is 3.55. The lowest BCUT2D eigenvalue weighted by atomic mass is 10.1. The van der Waals surface area contributed by atoms with Gasteiger partial charge in [0, 0.05) is 16.1 Å². The maximum absolute atomic E-state index is 5.98. The van der Waals surface area contributed by atoms with Gasteiger partial charge in [0.05, 0.1) is 0 Å². The molecule has 112 valence electrons. The van der Waals surface area contributed by atoms with Crippen molar-refractivity contribution in [2.75, 3.05) is 13.2 Å². The summed E-state index contributed by atoms with van der Waals surface area (Å²) in [5, 5.41) is 0. The van der Waals surface area contributed by atoms with Gasteiger partial charge in [0.25, 0.3) is 0 Å². The number of hydrogen-bond donors (Lipinski definition) is 1. The number of halogens is 1. The normalized spacial score (nSPS) is 12.0. The van der Waals surface area contributed by atoms with Gasteiger partial charge in [0.1, 0.15) is 24.7 Å². The van der Waals surface area contributed by atoms with Crippen LogP contribution in [0.5, 0.6) is 11.5 Å². The molecule has 0 aliphatic rings. The number of rotatable bonds is 6. The second kappa shape index (κ2) is 7.48. The first-order chi connectivity index (χ1) is 10.1. The van der Waals surface area contributed by atoms with E-state index in [-0.39, 0.29) is 6.04 Å². The van der Waals surface area contributed by atoms with Crippen LogP contribution in [0, 0.1) is 6.92 Å². The van der Waals surface area contributed by atoms with E-state index in [2.05, 4.69) is 22.0 Å². The third kappa shape index (κ3) is 4.76. The van der Waals surface area contributed by atoms with Crippen molar-refractivity contribution in [1.82, 2.24) is 0 Å². The molecule has 0 radical (unpaired) electrons. The van der Waals surface area contributed by atoms with Crippen LogP contribution < -0.4 is 15.2 Å². The highest BCUT2D eigenvalue weighted by molar-refractivity contribution is 9.10. The summed E-state index contributed by atoms with van der Waals surface area (Å²) in [5.41, 5.74) is 8.18. The average Bonchev–Trinajstić information content (AvgIpc) is 2.44. The van der Waals surface area contributed by atoms with Gasteiger partial charge in [-0.3, -0.25) is 0 Å². The highest BCUT2D eigenvalue weighted by atomic mass is 79.9. The summed E-state index contributed by atoms with van der Waals surface area (Å²) in [6.07, 6.45) is 0. The molecule has 0 aliphatic carbocycles. The smallest absolute Gasteiger partial charge is 0.124 e. The molecule has 3 nitrogen and oxygen atoms in total. The van der Waals surface area contributed by atoms with E-state index in [9.17, 15) is 0 Å². The Balaban J connectivity index is 1.89. The summed E-state index contributed by atoms with van der Waals surface area (Å²) in [7, 11) is 0. The summed E-state index contributed by atoms with van der Waals surface area (Å²) in [6, 6.07) is 13.8. The average molecular weight is 350 g/mol. The zero-order valence-corrected chi connectivity index (χ0v) is 13.9. The van der Waals surface area contributed by atoms with Crippen molar-refractivity contribution in [3.63, 3.8) is 0 Å². The van der Waals surface area contributed by atoms with Gasteiger partial charge in [0.2, 0.25) is 0 Å². The molecule has 4 heteroatoms. The predicted molar refractivity (Wildman–Crippen MR) is 88.9 cm³/mol. The zero-order chi connectivity index (χ0) is 15.2. The molecule has 2 N–H and O–H groups in total. The molecule has 2 aromatic carbocycles. The highest BCUT2D eigenvalue weighted by Crippen LogP contribution is 2.25. The van der Waals surface area contributed by atoms with E-state index < -0.39 is 0 Å². The largest absolute Gasteiger partial charge is 0.490 e.